The van der Waals surface area contributed by atoms with Gasteiger partial charge in [0.05, 0.1) is 5.52 Å². The summed E-state index contributed by atoms with van der Waals surface area (Å²) in [5, 5.41) is 12.1. The van der Waals surface area contributed by atoms with Gasteiger partial charge >= 0.3 is 5.97 Å². The van der Waals surface area contributed by atoms with Crippen LogP contribution in [-0.2, 0) is 4.79 Å². The number of carboxylic acids is 1. The van der Waals surface area contributed by atoms with Gasteiger partial charge in [-0.2, -0.15) is 0 Å². The van der Waals surface area contributed by atoms with E-state index in [1.807, 2.05) is 12.1 Å². The first-order valence-electron chi connectivity index (χ1n) is 4.55. The van der Waals surface area contributed by atoms with Crippen LogP contribution in [-0.4, -0.2) is 27.6 Å². The number of anilines is 1. The Morgan fingerprint density at radius 3 is 2.88 bits per heavy atom. The van der Waals surface area contributed by atoms with Crippen LogP contribution in [0.5, 0.6) is 0 Å². The number of nitrogens with one attached hydrogen (secondary N) is 1. The van der Waals surface area contributed by atoms with E-state index in [2.05, 4.69) is 15.3 Å². The summed E-state index contributed by atoms with van der Waals surface area (Å²) in [7, 11) is 0. The molecule has 2 aromatic rings. The average Bonchev–Trinajstić information content (AvgIpc) is 2.25. The predicted octanol–water partition coefficient (Wildman–Crippen LogP) is 1.78. The van der Waals surface area contributed by atoms with E-state index in [9.17, 15) is 4.79 Å². The number of carboxylic acid groups (broad SMARTS) is 1. The molecule has 2 rings (SSSR count). The van der Waals surface area contributed by atoms with Gasteiger partial charge in [-0.1, -0.05) is 12.1 Å². The molecule has 0 saturated carbocycles. The van der Waals surface area contributed by atoms with E-state index < -0.39 is 5.97 Å². The standard InChI is InChI=1S/C10H8ClN3O2/c11-10-13-7-4-2-1-3-6(7)9(14-10)12-5-8(15)16/h1-4H,5H2,(H,15,16)(H,12,13,14). The lowest BCUT2D eigenvalue weighted by Crippen LogP contribution is -2.13. The molecule has 1 aromatic carbocycles. The van der Waals surface area contributed by atoms with Gasteiger partial charge in [0.25, 0.3) is 0 Å². The summed E-state index contributed by atoms with van der Waals surface area (Å²) < 4.78 is 0. The number of fused-ring (bicyclic) bond motifs is 1. The Labute approximate surface area is 96.1 Å². The number of halogens is 1. The molecule has 0 atom stereocenters. The molecular weight excluding hydrogens is 230 g/mol. The van der Waals surface area contributed by atoms with Gasteiger partial charge < -0.3 is 10.4 Å². The zero-order chi connectivity index (χ0) is 11.5. The van der Waals surface area contributed by atoms with E-state index in [1.54, 1.807) is 12.1 Å². The lowest BCUT2D eigenvalue weighted by Gasteiger charge is -2.06. The van der Waals surface area contributed by atoms with Crippen molar-refractivity contribution < 1.29 is 9.90 Å². The molecule has 0 bridgehead atoms. The first kappa shape index (κ1) is 10.6. The molecule has 0 aliphatic heterocycles. The largest absolute Gasteiger partial charge is 0.480 e. The number of hydrogen-bond acceptors (Lipinski definition) is 4. The molecule has 0 aliphatic carbocycles. The Hall–Kier alpha value is -1.88. The summed E-state index contributed by atoms with van der Waals surface area (Å²) in [6.45, 7) is -0.211. The fourth-order valence-corrected chi connectivity index (χ4v) is 1.52. The second-order valence-electron chi connectivity index (χ2n) is 3.11. The van der Waals surface area contributed by atoms with Crippen LogP contribution in [0.25, 0.3) is 10.9 Å². The molecule has 0 spiro atoms. The van der Waals surface area contributed by atoms with Crippen LogP contribution in [0.3, 0.4) is 0 Å². The number of hydrogen-bond donors (Lipinski definition) is 2. The van der Waals surface area contributed by atoms with Gasteiger partial charge in [0.2, 0.25) is 5.28 Å². The topological polar surface area (TPSA) is 75.1 Å². The van der Waals surface area contributed by atoms with E-state index in [0.717, 1.165) is 5.39 Å². The number of aliphatic carboxylic acids is 1. The van der Waals surface area contributed by atoms with E-state index in [4.69, 9.17) is 16.7 Å². The molecule has 0 aliphatic rings. The quantitative estimate of drug-likeness (QED) is 0.796. The molecule has 0 unspecified atom stereocenters. The predicted molar refractivity (Wildman–Crippen MR) is 60.7 cm³/mol. The van der Waals surface area contributed by atoms with Crippen LogP contribution in [0.1, 0.15) is 0 Å². The van der Waals surface area contributed by atoms with Crippen molar-refractivity contribution >= 4 is 34.3 Å². The third-order valence-electron chi connectivity index (χ3n) is 1.98. The minimum Gasteiger partial charge on any atom is -0.480 e. The lowest BCUT2D eigenvalue weighted by atomic mass is 10.2. The molecule has 2 N–H and O–H groups in total. The summed E-state index contributed by atoms with van der Waals surface area (Å²) in [5.74, 6) is -0.531. The average molecular weight is 238 g/mol. The van der Waals surface area contributed by atoms with Crippen molar-refractivity contribution in [1.82, 2.24) is 9.97 Å². The van der Waals surface area contributed by atoms with Gasteiger partial charge in [0, 0.05) is 5.39 Å². The van der Waals surface area contributed by atoms with Gasteiger partial charge in [-0.25, -0.2) is 9.97 Å². The molecule has 6 heteroatoms. The van der Waals surface area contributed by atoms with Crippen molar-refractivity contribution in [2.24, 2.45) is 0 Å². The highest BCUT2D eigenvalue weighted by atomic mass is 35.5. The second-order valence-corrected chi connectivity index (χ2v) is 3.44. The fraction of sp³-hybridized carbons (Fsp3) is 0.100. The number of rotatable bonds is 3. The highest BCUT2D eigenvalue weighted by Crippen LogP contribution is 2.21. The Kier molecular flexibility index (Phi) is 2.87. The van der Waals surface area contributed by atoms with Crippen LogP contribution >= 0.6 is 11.6 Å². The van der Waals surface area contributed by atoms with Crippen LogP contribution in [0, 0.1) is 0 Å². The lowest BCUT2D eigenvalue weighted by molar-refractivity contribution is -0.134. The maximum absolute atomic E-state index is 10.5. The highest BCUT2D eigenvalue weighted by molar-refractivity contribution is 6.28. The van der Waals surface area contributed by atoms with Crippen molar-refractivity contribution in [2.45, 2.75) is 0 Å². The zero-order valence-electron chi connectivity index (χ0n) is 8.14. The molecule has 1 aromatic heterocycles. The normalized spacial score (nSPS) is 10.3. The number of para-hydroxylation sites is 1. The molecule has 1 heterocycles. The SMILES string of the molecule is O=C(O)CNc1nc(Cl)nc2ccccc12. The highest BCUT2D eigenvalue weighted by Gasteiger charge is 2.06. The summed E-state index contributed by atoms with van der Waals surface area (Å²) in [4.78, 5) is 18.4. The van der Waals surface area contributed by atoms with Crippen LogP contribution in [0.4, 0.5) is 5.82 Å². The third-order valence-corrected chi connectivity index (χ3v) is 2.15. The van der Waals surface area contributed by atoms with Gasteiger partial charge in [-0.05, 0) is 23.7 Å². The fourth-order valence-electron chi connectivity index (χ4n) is 1.34. The van der Waals surface area contributed by atoms with Gasteiger partial charge in [0.1, 0.15) is 12.4 Å². The maximum Gasteiger partial charge on any atom is 0.322 e. The van der Waals surface area contributed by atoms with Gasteiger partial charge in [-0.3, -0.25) is 4.79 Å². The molecule has 5 nitrogen and oxygen atoms in total. The molecule has 82 valence electrons. The first-order valence-corrected chi connectivity index (χ1v) is 4.92. The number of aromatic nitrogens is 2. The van der Waals surface area contributed by atoms with Crippen molar-refractivity contribution in [3.8, 4) is 0 Å². The number of carbonyl (C=O) groups is 1. The van der Waals surface area contributed by atoms with E-state index in [0.29, 0.717) is 11.3 Å². The molecular formula is C10H8ClN3O2. The van der Waals surface area contributed by atoms with Gasteiger partial charge in [0.15, 0.2) is 0 Å². The Bertz CT molecular complexity index is 545. The monoisotopic (exact) mass is 237 g/mol. The summed E-state index contributed by atoms with van der Waals surface area (Å²) in [5.41, 5.74) is 0.676. The Balaban J connectivity index is 2.46. The minimum atomic E-state index is -0.959. The molecule has 0 fully saturated rings. The molecule has 0 amide bonds. The van der Waals surface area contributed by atoms with Crippen LogP contribution in [0.2, 0.25) is 5.28 Å². The first-order chi connectivity index (χ1) is 7.66. The second kappa shape index (κ2) is 4.32. The van der Waals surface area contributed by atoms with E-state index >= 15 is 0 Å². The summed E-state index contributed by atoms with van der Waals surface area (Å²) in [6.07, 6.45) is 0. The molecule has 16 heavy (non-hydrogen) atoms. The summed E-state index contributed by atoms with van der Waals surface area (Å²) in [6, 6.07) is 7.24. The molecule has 0 radical (unpaired) electrons. The maximum atomic E-state index is 10.5. The van der Waals surface area contributed by atoms with Crippen molar-refractivity contribution in [3.63, 3.8) is 0 Å². The van der Waals surface area contributed by atoms with Crippen LogP contribution < -0.4 is 5.32 Å². The van der Waals surface area contributed by atoms with E-state index in [-0.39, 0.29) is 11.8 Å². The van der Waals surface area contributed by atoms with E-state index in [1.165, 1.54) is 0 Å². The van der Waals surface area contributed by atoms with Crippen molar-refractivity contribution in [2.75, 3.05) is 11.9 Å². The molecule has 0 saturated heterocycles. The van der Waals surface area contributed by atoms with Crippen LogP contribution in [0.15, 0.2) is 24.3 Å². The Morgan fingerprint density at radius 1 is 1.38 bits per heavy atom. The van der Waals surface area contributed by atoms with Crippen molar-refractivity contribution in [3.05, 3.63) is 29.5 Å². The third kappa shape index (κ3) is 2.20. The van der Waals surface area contributed by atoms with Crippen molar-refractivity contribution in [1.29, 1.82) is 0 Å². The zero-order valence-corrected chi connectivity index (χ0v) is 8.90. The smallest absolute Gasteiger partial charge is 0.322 e. The number of nitrogens with zero attached hydrogens (tertiary/aromatic N) is 2. The number of benzene rings is 1. The Morgan fingerprint density at radius 2 is 2.12 bits per heavy atom. The summed E-state index contributed by atoms with van der Waals surface area (Å²) >= 11 is 5.73. The van der Waals surface area contributed by atoms with Gasteiger partial charge in [-0.15, -0.1) is 0 Å². The minimum absolute atomic E-state index is 0.0894.